The van der Waals surface area contributed by atoms with Gasteiger partial charge in [-0.05, 0) is 19.1 Å². The molecule has 4 nitrogen and oxygen atoms in total. The molecular formula is C11H8ClN3O. The van der Waals surface area contributed by atoms with E-state index in [1.165, 1.54) is 0 Å². The molecule has 2 aromatic rings. The van der Waals surface area contributed by atoms with Gasteiger partial charge in [0, 0.05) is 0 Å². The highest BCUT2D eigenvalue weighted by Crippen LogP contribution is 2.23. The summed E-state index contributed by atoms with van der Waals surface area (Å²) in [7, 11) is 0. The van der Waals surface area contributed by atoms with Crippen molar-refractivity contribution in [1.82, 2.24) is 10.1 Å². The maximum Gasteiger partial charge on any atom is 0.259 e. The van der Waals surface area contributed by atoms with Crippen LogP contribution in [0.2, 0.25) is 0 Å². The summed E-state index contributed by atoms with van der Waals surface area (Å²) in [6.07, 6.45) is 0. The van der Waals surface area contributed by atoms with Gasteiger partial charge in [0.1, 0.15) is 0 Å². The van der Waals surface area contributed by atoms with Gasteiger partial charge in [0.2, 0.25) is 0 Å². The van der Waals surface area contributed by atoms with Gasteiger partial charge in [-0.1, -0.05) is 16.8 Å². The number of benzene rings is 1. The topological polar surface area (TPSA) is 62.7 Å². The van der Waals surface area contributed by atoms with Gasteiger partial charge < -0.3 is 4.52 Å². The van der Waals surface area contributed by atoms with Crippen molar-refractivity contribution in [2.45, 2.75) is 12.8 Å². The number of halogens is 1. The number of nitrogens with zero attached hydrogens (tertiary/aromatic N) is 3. The van der Waals surface area contributed by atoms with Gasteiger partial charge in [-0.2, -0.15) is 10.2 Å². The van der Waals surface area contributed by atoms with Gasteiger partial charge in [-0.25, -0.2) is 0 Å². The zero-order valence-electron chi connectivity index (χ0n) is 8.57. The molecule has 0 fully saturated rings. The van der Waals surface area contributed by atoms with Crippen molar-refractivity contribution in [2.75, 3.05) is 0 Å². The molecule has 5 heteroatoms. The Labute approximate surface area is 97.5 Å². The van der Waals surface area contributed by atoms with Crippen LogP contribution in [0.25, 0.3) is 11.5 Å². The Morgan fingerprint density at radius 3 is 2.94 bits per heavy atom. The van der Waals surface area contributed by atoms with Crippen molar-refractivity contribution in [2.24, 2.45) is 0 Å². The molecule has 0 N–H and O–H groups in total. The van der Waals surface area contributed by atoms with E-state index in [9.17, 15) is 0 Å². The summed E-state index contributed by atoms with van der Waals surface area (Å²) in [4.78, 5) is 4.09. The second-order valence-electron chi connectivity index (χ2n) is 3.31. The Bertz CT molecular complexity index is 557. The summed E-state index contributed by atoms with van der Waals surface area (Å²) in [5, 5.41) is 12.7. The summed E-state index contributed by atoms with van der Waals surface area (Å²) in [6.45, 7) is 1.93. The maximum absolute atomic E-state index is 8.97. The van der Waals surface area contributed by atoms with Gasteiger partial charge >= 0.3 is 0 Å². The molecule has 0 unspecified atom stereocenters. The fraction of sp³-hybridized carbons (Fsp3) is 0.182. The third-order valence-corrected chi connectivity index (χ3v) is 2.35. The number of nitriles is 1. The Kier molecular flexibility index (Phi) is 2.88. The molecule has 0 aliphatic carbocycles. The summed E-state index contributed by atoms with van der Waals surface area (Å²) < 4.78 is 5.04. The average molecular weight is 234 g/mol. The van der Waals surface area contributed by atoms with Crippen LogP contribution in [0.15, 0.2) is 22.7 Å². The Morgan fingerprint density at radius 1 is 1.50 bits per heavy atom. The largest absolute Gasteiger partial charge is 0.334 e. The minimum Gasteiger partial charge on any atom is -0.334 e. The van der Waals surface area contributed by atoms with Gasteiger partial charge in [0.05, 0.1) is 23.1 Å². The molecule has 0 aliphatic rings. The first-order valence-corrected chi connectivity index (χ1v) is 5.17. The van der Waals surface area contributed by atoms with Crippen LogP contribution in [0, 0.1) is 18.3 Å². The van der Waals surface area contributed by atoms with E-state index in [0.29, 0.717) is 22.8 Å². The zero-order chi connectivity index (χ0) is 11.5. The minimum absolute atomic E-state index is 0.192. The molecule has 0 amide bonds. The minimum atomic E-state index is 0.192. The average Bonchev–Trinajstić information content (AvgIpc) is 2.77. The van der Waals surface area contributed by atoms with Crippen molar-refractivity contribution in [3.8, 4) is 17.5 Å². The smallest absolute Gasteiger partial charge is 0.259 e. The van der Waals surface area contributed by atoms with E-state index in [4.69, 9.17) is 21.4 Å². The van der Waals surface area contributed by atoms with Crippen LogP contribution >= 0.6 is 11.6 Å². The molecule has 1 aromatic heterocycles. The quantitative estimate of drug-likeness (QED) is 0.748. The van der Waals surface area contributed by atoms with Crippen LogP contribution in [0.5, 0.6) is 0 Å². The first-order valence-electron chi connectivity index (χ1n) is 4.64. The molecule has 0 saturated carbocycles. The fourth-order valence-electron chi connectivity index (χ4n) is 1.35. The van der Waals surface area contributed by atoms with Gasteiger partial charge in [-0.3, -0.25) is 0 Å². The molecule has 0 bridgehead atoms. The first kappa shape index (κ1) is 10.7. The van der Waals surface area contributed by atoms with E-state index in [0.717, 1.165) is 5.56 Å². The third-order valence-electron chi connectivity index (χ3n) is 2.11. The predicted molar refractivity (Wildman–Crippen MR) is 58.7 cm³/mol. The number of aryl methyl sites for hydroxylation is 1. The molecular weight excluding hydrogens is 226 g/mol. The van der Waals surface area contributed by atoms with Crippen molar-refractivity contribution in [3.63, 3.8) is 0 Å². The van der Waals surface area contributed by atoms with E-state index in [2.05, 4.69) is 16.2 Å². The Hall–Kier alpha value is -1.86. The Balaban J connectivity index is 2.54. The normalized spacial score (nSPS) is 10.1. The maximum atomic E-state index is 8.97. The molecule has 0 spiro atoms. The summed E-state index contributed by atoms with van der Waals surface area (Å²) in [5.74, 6) is 0.940. The SMILES string of the molecule is Cc1ccc(C#N)c(-c2nc(CCl)no2)c1. The zero-order valence-corrected chi connectivity index (χ0v) is 9.32. The lowest BCUT2D eigenvalue weighted by Crippen LogP contribution is -1.86. The molecule has 0 atom stereocenters. The second-order valence-corrected chi connectivity index (χ2v) is 3.58. The summed E-state index contributed by atoms with van der Waals surface area (Å²) in [5.41, 5.74) is 2.18. The lowest BCUT2D eigenvalue weighted by molar-refractivity contribution is 0.425. The number of hydrogen-bond donors (Lipinski definition) is 0. The molecule has 2 rings (SSSR count). The molecule has 80 valence electrons. The van der Waals surface area contributed by atoms with E-state index < -0.39 is 0 Å². The number of hydrogen-bond acceptors (Lipinski definition) is 4. The third kappa shape index (κ3) is 1.90. The monoisotopic (exact) mass is 233 g/mol. The molecule has 0 radical (unpaired) electrons. The van der Waals surface area contributed by atoms with Crippen LogP contribution < -0.4 is 0 Å². The van der Waals surface area contributed by atoms with Crippen LogP contribution in [0.1, 0.15) is 17.0 Å². The van der Waals surface area contributed by atoms with E-state index in [1.54, 1.807) is 6.07 Å². The molecule has 16 heavy (non-hydrogen) atoms. The molecule has 0 aliphatic heterocycles. The van der Waals surface area contributed by atoms with E-state index in [1.807, 2.05) is 19.1 Å². The highest BCUT2D eigenvalue weighted by Gasteiger charge is 2.12. The van der Waals surface area contributed by atoms with Crippen LogP contribution in [0.3, 0.4) is 0 Å². The molecule has 1 aromatic carbocycles. The highest BCUT2D eigenvalue weighted by molar-refractivity contribution is 6.16. The summed E-state index contributed by atoms with van der Waals surface area (Å²) in [6, 6.07) is 7.52. The highest BCUT2D eigenvalue weighted by atomic mass is 35.5. The van der Waals surface area contributed by atoms with Crippen LogP contribution in [-0.4, -0.2) is 10.1 Å². The number of rotatable bonds is 2. The molecule has 0 saturated heterocycles. The standard InChI is InChI=1S/C11H8ClN3O/c1-7-2-3-8(6-13)9(4-7)11-14-10(5-12)15-16-11/h2-4H,5H2,1H3. The van der Waals surface area contributed by atoms with E-state index >= 15 is 0 Å². The van der Waals surface area contributed by atoms with Crippen molar-refractivity contribution >= 4 is 11.6 Å². The van der Waals surface area contributed by atoms with Crippen molar-refractivity contribution in [3.05, 3.63) is 35.2 Å². The lowest BCUT2D eigenvalue weighted by atomic mass is 10.1. The number of alkyl halides is 1. The lowest BCUT2D eigenvalue weighted by Gasteiger charge is -1.99. The van der Waals surface area contributed by atoms with Crippen LogP contribution in [-0.2, 0) is 5.88 Å². The predicted octanol–water partition coefficient (Wildman–Crippen LogP) is 2.66. The summed E-state index contributed by atoms with van der Waals surface area (Å²) >= 11 is 5.58. The van der Waals surface area contributed by atoms with Crippen LogP contribution in [0.4, 0.5) is 0 Å². The Morgan fingerprint density at radius 2 is 2.31 bits per heavy atom. The second kappa shape index (κ2) is 4.33. The first-order chi connectivity index (χ1) is 7.74. The van der Waals surface area contributed by atoms with Gasteiger partial charge in [0.25, 0.3) is 5.89 Å². The molecule has 1 heterocycles. The van der Waals surface area contributed by atoms with Gasteiger partial charge in [-0.15, -0.1) is 11.6 Å². The fourth-order valence-corrected chi connectivity index (χ4v) is 1.46. The van der Waals surface area contributed by atoms with Crippen molar-refractivity contribution in [1.29, 1.82) is 5.26 Å². The van der Waals surface area contributed by atoms with E-state index in [-0.39, 0.29) is 5.88 Å². The van der Waals surface area contributed by atoms with Crippen molar-refractivity contribution < 1.29 is 4.52 Å². The van der Waals surface area contributed by atoms with Gasteiger partial charge in [0.15, 0.2) is 5.82 Å². The number of aromatic nitrogens is 2.